The molecule has 1 aromatic rings. The summed E-state index contributed by atoms with van der Waals surface area (Å²) in [5, 5.41) is 8.22. The second kappa shape index (κ2) is 6.97. The number of halogens is 1. The molecule has 1 saturated carbocycles. The molecule has 22 heavy (non-hydrogen) atoms. The van der Waals surface area contributed by atoms with Gasteiger partial charge in [0, 0.05) is 18.1 Å². The van der Waals surface area contributed by atoms with E-state index in [1.165, 1.54) is 11.4 Å². The normalized spacial score (nSPS) is 21.4. The van der Waals surface area contributed by atoms with Gasteiger partial charge in [-0.3, -0.25) is 4.79 Å². The zero-order valence-electron chi connectivity index (χ0n) is 12.1. The number of benzene rings is 1. The van der Waals surface area contributed by atoms with E-state index in [0.29, 0.717) is 5.75 Å². The Morgan fingerprint density at radius 1 is 1.36 bits per heavy atom. The zero-order valence-corrected chi connectivity index (χ0v) is 14.5. The molecule has 1 aromatic carbocycles. The van der Waals surface area contributed by atoms with Crippen molar-refractivity contribution in [3.8, 4) is 5.75 Å². The van der Waals surface area contributed by atoms with Crippen LogP contribution in [-0.2, 0) is 14.8 Å². The van der Waals surface area contributed by atoms with Crippen molar-refractivity contribution in [1.82, 2.24) is 4.31 Å². The first-order chi connectivity index (χ1) is 10.3. The van der Waals surface area contributed by atoms with Gasteiger partial charge in [0.05, 0.1) is 11.2 Å². The van der Waals surface area contributed by atoms with Crippen LogP contribution in [0.3, 0.4) is 0 Å². The van der Waals surface area contributed by atoms with Crippen LogP contribution in [0.5, 0.6) is 5.75 Å². The summed E-state index contributed by atoms with van der Waals surface area (Å²) in [4.78, 5) is 10.7. The van der Waals surface area contributed by atoms with Gasteiger partial charge in [-0.25, -0.2) is 12.7 Å². The Balaban J connectivity index is 1.80. The Kier molecular flexibility index (Phi) is 5.46. The SMILES string of the molecule is CN(CCOc1ccc(Br)cc1)S(=O)(=O)C1CC(C(=O)O)C1. The fourth-order valence-electron chi connectivity index (χ4n) is 2.22. The molecule has 1 aliphatic rings. The lowest BCUT2D eigenvalue weighted by Crippen LogP contribution is -2.46. The summed E-state index contributed by atoms with van der Waals surface area (Å²) in [5.41, 5.74) is 0. The number of carboxylic acid groups (broad SMARTS) is 1. The number of carboxylic acids is 1. The number of nitrogens with zero attached hydrogens (tertiary/aromatic N) is 1. The van der Waals surface area contributed by atoms with Crippen LogP contribution in [0.1, 0.15) is 12.8 Å². The topological polar surface area (TPSA) is 83.9 Å². The van der Waals surface area contributed by atoms with E-state index in [4.69, 9.17) is 9.84 Å². The van der Waals surface area contributed by atoms with E-state index in [-0.39, 0.29) is 26.0 Å². The van der Waals surface area contributed by atoms with E-state index in [1.54, 1.807) is 12.1 Å². The van der Waals surface area contributed by atoms with Gasteiger partial charge in [0.25, 0.3) is 0 Å². The Hall–Kier alpha value is -1.12. The van der Waals surface area contributed by atoms with Gasteiger partial charge in [0.1, 0.15) is 12.4 Å². The maximum absolute atomic E-state index is 12.2. The Labute approximate surface area is 138 Å². The molecule has 0 atom stereocenters. The third kappa shape index (κ3) is 3.99. The molecule has 0 bridgehead atoms. The second-order valence-electron chi connectivity index (χ2n) is 5.30. The van der Waals surface area contributed by atoms with Crippen molar-refractivity contribution in [3.05, 3.63) is 28.7 Å². The molecule has 0 amide bonds. The summed E-state index contributed by atoms with van der Waals surface area (Å²) in [6, 6.07) is 7.27. The van der Waals surface area contributed by atoms with E-state index in [2.05, 4.69) is 15.9 Å². The predicted octanol–water partition coefficient (Wildman–Crippen LogP) is 1.95. The number of aliphatic carboxylic acids is 1. The molecule has 0 unspecified atom stereocenters. The van der Waals surface area contributed by atoms with Gasteiger partial charge in [-0.2, -0.15) is 0 Å². The summed E-state index contributed by atoms with van der Waals surface area (Å²) >= 11 is 3.32. The van der Waals surface area contributed by atoms with Crippen LogP contribution in [0.25, 0.3) is 0 Å². The van der Waals surface area contributed by atoms with Crippen LogP contribution in [0.4, 0.5) is 0 Å². The predicted molar refractivity (Wildman–Crippen MR) is 85.3 cm³/mol. The molecule has 0 aliphatic heterocycles. The number of carbonyl (C=O) groups is 1. The van der Waals surface area contributed by atoms with Gasteiger partial charge < -0.3 is 9.84 Å². The summed E-state index contributed by atoms with van der Waals surface area (Å²) in [6.07, 6.45) is 0.380. The van der Waals surface area contributed by atoms with Crippen LogP contribution in [-0.4, -0.2) is 49.2 Å². The van der Waals surface area contributed by atoms with E-state index in [0.717, 1.165) is 4.47 Å². The molecule has 1 aliphatic carbocycles. The van der Waals surface area contributed by atoms with Crippen molar-refractivity contribution in [2.24, 2.45) is 5.92 Å². The van der Waals surface area contributed by atoms with Gasteiger partial charge in [-0.15, -0.1) is 0 Å². The average Bonchev–Trinajstić information content (AvgIpc) is 2.38. The largest absolute Gasteiger partial charge is 0.492 e. The number of likely N-dealkylation sites (N-methyl/N-ethyl adjacent to an activating group) is 1. The second-order valence-corrected chi connectivity index (χ2v) is 8.53. The Bertz CT molecular complexity index is 625. The number of rotatable bonds is 7. The van der Waals surface area contributed by atoms with Crippen LogP contribution in [0, 0.1) is 5.92 Å². The minimum Gasteiger partial charge on any atom is -0.492 e. The molecular formula is C14H18BrNO5S. The van der Waals surface area contributed by atoms with Crippen molar-refractivity contribution in [2.75, 3.05) is 20.2 Å². The minimum absolute atomic E-state index is 0.190. The van der Waals surface area contributed by atoms with Crippen LogP contribution in [0.2, 0.25) is 0 Å². The molecule has 2 rings (SSSR count). The number of hydrogen-bond donors (Lipinski definition) is 1. The minimum atomic E-state index is -3.45. The highest BCUT2D eigenvalue weighted by molar-refractivity contribution is 9.10. The van der Waals surface area contributed by atoms with Gasteiger partial charge >= 0.3 is 5.97 Å². The average molecular weight is 392 g/mol. The summed E-state index contributed by atoms with van der Waals surface area (Å²) < 4.78 is 32.2. The van der Waals surface area contributed by atoms with Crippen molar-refractivity contribution in [3.63, 3.8) is 0 Å². The summed E-state index contributed by atoms with van der Waals surface area (Å²) in [6.45, 7) is 0.471. The first kappa shape index (κ1) is 17.2. The number of hydrogen-bond acceptors (Lipinski definition) is 4. The summed E-state index contributed by atoms with van der Waals surface area (Å²) in [7, 11) is -1.95. The van der Waals surface area contributed by atoms with Crippen LogP contribution >= 0.6 is 15.9 Å². The zero-order chi connectivity index (χ0) is 16.3. The molecule has 1 fully saturated rings. The van der Waals surface area contributed by atoms with Crippen molar-refractivity contribution < 1.29 is 23.1 Å². The molecule has 0 aromatic heterocycles. The monoisotopic (exact) mass is 391 g/mol. The smallest absolute Gasteiger partial charge is 0.306 e. The highest BCUT2D eigenvalue weighted by atomic mass is 79.9. The lowest BCUT2D eigenvalue weighted by atomic mass is 9.85. The van der Waals surface area contributed by atoms with Crippen molar-refractivity contribution in [1.29, 1.82) is 0 Å². The molecular weight excluding hydrogens is 374 g/mol. The molecule has 8 heteroatoms. The molecule has 6 nitrogen and oxygen atoms in total. The number of ether oxygens (including phenoxy) is 1. The lowest BCUT2D eigenvalue weighted by Gasteiger charge is -2.34. The molecule has 1 N–H and O–H groups in total. The van der Waals surface area contributed by atoms with E-state index in [9.17, 15) is 13.2 Å². The quantitative estimate of drug-likeness (QED) is 0.767. The molecule has 122 valence electrons. The molecule has 0 radical (unpaired) electrons. The Morgan fingerprint density at radius 2 is 1.95 bits per heavy atom. The number of sulfonamides is 1. The third-order valence-electron chi connectivity index (χ3n) is 3.79. The fraction of sp³-hybridized carbons (Fsp3) is 0.500. The van der Waals surface area contributed by atoms with E-state index < -0.39 is 27.2 Å². The maximum Gasteiger partial charge on any atom is 0.306 e. The van der Waals surface area contributed by atoms with Crippen LogP contribution in [0.15, 0.2) is 28.7 Å². The highest BCUT2D eigenvalue weighted by Gasteiger charge is 2.43. The summed E-state index contributed by atoms with van der Waals surface area (Å²) in [5.74, 6) is -0.788. The first-order valence-corrected chi connectivity index (χ1v) is 9.16. The molecule has 0 saturated heterocycles. The van der Waals surface area contributed by atoms with Gasteiger partial charge in [-0.1, -0.05) is 15.9 Å². The standard InChI is InChI=1S/C14H18BrNO5S/c1-16(6-7-21-12-4-2-11(15)3-5-12)22(19,20)13-8-10(9-13)14(17)18/h2-5,10,13H,6-9H2,1H3,(H,17,18). The molecule has 0 heterocycles. The highest BCUT2D eigenvalue weighted by Crippen LogP contribution is 2.34. The first-order valence-electron chi connectivity index (χ1n) is 6.87. The maximum atomic E-state index is 12.2. The van der Waals surface area contributed by atoms with Crippen molar-refractivity contribution >= 4 is 31.9 Å². The van der Waals surface area contributed by atoms with Gasteiger partial charge in [0.15, 0.2) is 0 Å². The van der Waals surface area contributed by atoms with E-state index >= 15 is 0 Å². The Morgan fingerprint density at radius 3 is 2.50 bits per heavy atom. The third-order valence-corrected chi connectivity index (χ3v) is 6.60. The fourth-order valence-corrected chi connectivity index (χ4v) is 4.27. The van der Waals surface area contributed by atoms with Gasteiger partial charge in [-0.05, 0) is 37.1 Å². The van der Waals surface area contributed by atoms with Gasteiger partial charge in [0.2, 0.25) is 10.0 Å². The van der Waals surface area contributed by atoms with E-state index in [1.807, 2.05) is 12.1 Å². The van der Waals surface area contributed by atoms with Crippen LogP contribution < -0.4 is 4.74 Å². The lowest BCUT2D eigenvalue weighted by molar-refractivity contribution is -0.144. The molecule has 0 spiro atoms. The van der Waals surface area contributed by atoms with Crippen molar-refractivity contribution in [2.45, 2.75) is 18.1 Å².